The second-order valence-corrected chi connectivity index (χ2v) is 12.6. The normalized spacial score (nSPS) is 20.9. The van der Waals surface area contributed by atoms with Crippen LogP contribution >= 0.6 is 0 Å². The molecule has 4 aromatic carbocycles. The molecule has 0 radical (unpaired) electrons. The van der Waals surface area contributed by atoms with Crippen molar-refractivity contribution in [2.75, 3.05) is 18.0 Å². The van der Waals surface area contributed by atoms with Crippen LogP contribution in [0.15, 0.2) is 133 Å². The number of hydrogen-bond donors (Lipinski definition) is 0. The lowest BCUT2D eigenvalue weighted by molar-refractivity contribution is -0.437. The van der Waals surface area contributed by atoms with E-state index in [0.717, 1.165) is 32.4 Å². The Hall–Kier alpha value is -4.43. The van der Waals surface area contributed by atoms with E-state index in [9.17, 15) is 0 Å². The van der Waals surface area contributed by atoms with Gasteiger partial charge in [-0.25, -0.2) is 0 Å². The summed E-state index contributed by atoms with van der Waals surface area (Å²) >= 11 is 0. The molecule has 2 heterocycles. The van der Waals surface area contributed by atoms with Crippen LogP contribution in [-0.4, -0.2) is 23.4 Å². The van der Waals surface area contributed by atoms with Crippen molar-refractivity contribution in [3.05, 3.63) is 144 Å². The zero-order chi connectivity index (χ0) is 31.4. The smallest absolute Gasteiger partial charge is 0.210 e. The molecular formula is C43H47N2+. The molecule has 0 saturated heterocycles. The average molecular weight is 592 g/mol. The van der Waals surface area contributed by atoms with Crippen molar-refractivity contribution in [3.63, 3.8) is 0 Å². The monoisotopic (exact) mass is 591 g/mol. The first kappa shape index (κ1) is 30.6. The van der Waals surface area contributed by atoms with Gasteiger partial charge in [-0.2, -0.15) is 4.58 Å². The molecule has 0 spiro atoms. The van der Waals surface area contributed by atoms with Crippen LogP contribution in [-0.2, 0) is 5.41 Å². The summed E-state index contributed by atoms with van der Waals surface area (Å²) in [5.41, 5.74) is 8.42. The standard InChI is InChI=1S/C43H47N2/c1-6-30-44-37(32(4)41-35-22-18-16-20-33(35)26-28-38(41)44)24-14-12-10-9-11-13-15-25-40-43(5,8-3)42-36-23-19-17-21-34(36)27-29-39(42)45(40)31-7-2/h9-29,32H,6-8,30-31H2,1-5H3/q+1. The van der Waals surface area contributed by atoms with Crippen molar-refractivity contribution in [1.29, 1.82) is 0 Å². The Kier molecular flexibility index (Phi) is 9.03. The van der Waals surface area contributed by atoms with Gasteiger partial charge in [-0.3, -0.25) is 0 Å². The van der Waals surface area contributed by atoms with Crippen LogP contribution in [0.5, 0.6) is 0 Å². The lowest BCUT2D eigenvalue weighted by Crippen LogP contribution is -2.30. The largest absolute Gasteiger partial charge is 0.344 e. The third kappa shape index (κ3) is 5.52. The van der Waals surface area contributed by atoms with E-state index >= 15 is 0 Å². The molecule has 4 aromatic rings. The Morgan fingerprint density at radius 1 is 0.733 bits per heavy atom. The van der Waals surface area contributed by atoms with E-state index in [-0.39, 0.29) is 5.41 Å². The first-order valence-corrected chi connectivity index (χ1v) is 16.9. The molecule has 6 rings (SSSR count). The average Bonchev–Trinajstić information content (AvgIpc) is 3.48. The third-order valence-electron chi connectivity index (χ3n) is 9.82. The second kappa shape index (κ2) is 13.3. The lowest BCUT2D eigenvalue weighted by Gasteiger charge is -2.21. The Morgan fingerprint density at radius 2 is 1.38 bits per heavy atom. The third-order valence-corrected chi connectivity index (χ3v) is 9.82. The maximum atomic E-state index is 2.55. The van der Waals surface area contributed by atoms with Crippen molar-refractivity contribution in [3.8, 4) is 0 Å². The first-order chi connectivity index (χ1) is 22.0. The molecule has 45 heavy (non-hydrogen) atoms. The number of anilines is 1. The summed E-state index contributed by atoms with van der Waals surface area (Å²) in [6.07, 6.45) is 23.0. The topological polar surface area (TPSA) is 6.25 Å². The highest BCUT2D eigenvalue weighted by molar-refractivity contribution is 6.08. The van der Waals surface area contributed by atoms with Gasteiger partial charge in [0.15, 0.2) is 5.71 Å². The minimum Gasteiger partial charge on any atom is -0.344 e. The molecule has 0 bridgehead atoms. The molecule has 2 nitrogen and oxygen atoms in total. The molecule has 0 aliphatic carbocycles. The summed E-state index contributed by atoms with van der Waals surface area (Å²) in [6.45, 7) is 13.7. The maximum Gasteiger partial charge on any atom is 0.210 e. The van der Waals surface area contributed by atoms with Crippen molar-refractivity contribution in [2.45, 2.75) is 65.2 Å². The maximum absolute atomic E-state index is 2.55. The summed E-state index contributed by atoms with van der Waals surface area (Å²) < 4.78 is 2.55. The Bertz CT molecular complexity index is 1900. The van der Waals surface area contributed by atoms with Crippen LogP contribution in [0, 0.1) is 0 Å². The molecule has 2 aliphatic rings. The van der Waals surface area contributed by atoms with Gasteiger partial charge in [-0.15, -0.1) is 0 Å². The fourth-order valence-electron chi connectivity index (χ4n) is 7.54. The summed E-state index contributed by atoms with van der Waals surface area (Å²) in [6, 6.07) is 26.8. The minimum atomic E-state index is -0.0171. The number of rotatable bonds is 10. The van der Waals surface area contributed by atoms with Gasteiger partial charge < -0.3 is 4.90 Å². The second-order valence-electron chi connectivity index (χ2n) is 12.6. The first-order valence-electron chi connectivity index (χ1n) is 16.9. The Morgan fingerprint density at radius 3 is 2.09 bits per heavy atom. The van der Waals surface area contributed by atoms with Crippen LogP contribution in [0.2, 0.25) is 0 Å². The number of allylic oxidation sites excluding steroid dienone is 10. The predicted octanol–water partition coefficient (Wildman–Crippen LogP) is 11.3. The van der Waals surface area contributed by atoms with Crippen molar-refractivity contribution < 1.29 is 4.58 Å². The molecule has 0 aromatic heterocycles. The van der Waals surface area contributed by atoms with Crippen LogP contribution < -0.4 is 4.90 Å². The molecule has 0 saturated carbocycles. The fourth-order valence-corrected chi connectivity index (χ4v) is 7.54. The summed E-state index contributed by atoms with van der Waals surface area (Å²) in [7, 11) is 0. The number of fused-ring (bicyclic) bond motifs is 6. The van der Waals surface area contributed by atoms with Gasteiger partial charge in [-0.1, -0.05) is 125 Å². The van der Waals surface area contributed by atoms with Crippen LogP contribution in [0.4, 0.5) is 11.4 Å². The fraction of sp³-hybridized carbons (Fsp3) is 0.279. The lowest BCUT2D eigenvalue weighted by atomic mass is 9.75. The minimum absolute atomic E-state index is 0.0171. The molecule has 228 valence electrons. The molecule has 2 atom stereocenters. The van der Waals surface area contributed by atoms with Gasteiger partial charge in [0.25, 0.3) is 0 Å². The van der Waals surface area contributed by atoms with Gasteiger partial charge in [0.05, 0.1) is 5.41 Å². The molecule has 0 N–H and O–H groups in total. The van der Waals surface area contributed by atoms with E-state index in [2.05, 4.69) is 172 Å². The van der Waals surface area contributed by atoms with E-state index < -0.39 is 0 Å². The van der Waals surface area contributed by atoms with Gasteiger partial charge >= 0.3 is 0 Å². The van der Waals surface area contributed by atoms with E-state index in [1.54, 1.807) is 0 Å². The van der Waals surface area contributed by atoms with Crippen LogP contribution in [0.3, 0.4) is 0 Å². The molecule has 2 aliphatic heterocycles. The van der Waals surface area contributed by atoms with Crippen LogP contribution in [0.1, 0.15) is 70.9 Å². The Balaban J connectivity index is 1.18. The van der Waals surface area contributed by atoms with Crippen molar-refractivity contribution in [1.82, 2.24) is 0 Å². The SMILES string of the molecule is CCCN1C(=CC=CC=CC=CC=CC2=[N+](CCC)c3ccc4ccccc4c3C2(C)CC)C(C)c2c1ccc1ccccc21. The zero-order valence-electron chi connectivity index (χ0n) is 27.6. The molecule has 2 unspecified atom stereocenters. The quantitative estimate of drug-likeness (QED) is 0.131. The van der Waals surface area contributed by atoms with Gasteiger partial charge in [0.2, 0.25) is 5.69 Å². The molecule has 0 amide bonds. The van der Waals surface area contributed by atoms with Crippen LogP contribution in [0.25, 0.3) is 21.5 Å². The highest BCUT2D eigenvalue weighted by Gasteiger charge is 2.47. The van der Waals surface area contributed by atoms with Gasteiger partial charge in [0, 0.05) is 48.0 Å². The van der Waals surface area contributed by atoms with Gasteiger partial charge in [-0.05, 0) is 65.1 Å². The van der Waals surface area contributed by atoms with Crippen molar-refractivity contribution in [2.24, 2.45) is 0 Å². The molecule has 2 heteroatoms. The van der Waals surface area contributed by atoms with E-state index in [1.165, 1.54) is 55.5 Å². The summed E-state index contributed by atoms with van der Waals surface area (Å²) in [5.74, 6) is 0.370. The number of benzene rings is 4. The Labute approximate surface area is 270 Å². The van der Waals surface area contributed by atoms with Crippen molar-refractivity contribution >= 4 is 38.6 Å². The highest BCUT2D eigenvalue weighted by atomic mass is 15.2. The summed E-state index contributed by atoms with van der Waals surface area (Å²) in [4.78, 5) is 2.51. The van der Waals surface area contributed by atoms with E-state index in [1.807, 2.05) is 0 Å². The molecule has 0 fully saturated rings. The van der Waals surface area contributed by atoms with E-state index in [0.29, 0.717) is 5.92 Å². The number of nitrogens with zero attached hydrogens (tertiary/aromatic N) is 2. The van der Waals surface area contributed by atoms with E-state index in [4.69, 9.17) is 0 Å². The number of hydrogen-bond acceptors (Lipinski definition) is 1. The zero-order valence-corrected chi connectivity index (χ0v) is 27.6. The predicted molar refractivity (Wildman–Crippen MR) is 196 cm³/mol. The van der Waals surface area contributed by atoms with Gasteiger partial charge in [0.1, 0.15) is 6.54 Å². The highest BCUT2D eigenvalue weighted by Crippen LogP contribution is 2.48. The molecular weight excluding hydrogens is 544 g/mol. The summed E-state index contributed by atoms with van der Waals surface area (Å²) in [5, 5.41) is 5.40.